The van der Waals surface area contributed by atoms with Gasteiger partial charge in [0.1, 0.15) is 6.61 Å². The molecule has 1 saturated heterocycles. The summed E-state index contributed by atoms with van der Waals surface area (Å²) in [5.74, 6) is -0.516. The molecule has 0 spiro atoms. The van der Waals surface area contributed by atoms with E-state index in [1.165, 1.54) is 11.1 Å². The van der Waals surface area contributed by atoms with Gasteiger partial charge in [-0.3, -0.25) is 9.59 Å². The molecule has 3 aliphatic rings. The van der Waals surface area contributed by atoms with Gasteiger partial charge in [-0.2, -0.15) is 0 Å². The van der Waals surface area contributed by atoms with Crippen LogP contribution in [0.3, 0.4) is 0 Å². The van der Waals surface area contributed by atoms with Crippen molar-refractivity contribution in [2.24, 2.45) is 11.3 Å². The summed E-state index contributed by atoms with van der Waals surface area (Å²) in [5, 5.41) is 11.9. The number of hydrogen-bond acceptors (Lipinski definition) is 4. The lowest BCUT2D eigenvalue weighted by atomic mass is 9.81. The van der Waals surface area contributed by atoms with Crippen LogP contribution < -0.4 is 5.32 Å². The van der Waals surface area contributed by atoms with E-state index in [2.05, 4.69) is 29.6 Å². The van der Waals surface area contributed by atoms with E-state index in [4.69, 9.17) is 9.84 Å². The van der Waals surface area contributed by atoms with Gasteiger partial charge < -0.3 is 20.1 Å². The van der Waals surface area contributed by atoms with Crippen molar-refractivity contribution in [3.63, 3.8) is 0 Å². The Kier molecular flexibility index (Phi) is 6.26. The third kappa shape index (κ3) is 4.40. The highest BCUT2D eigenvalue weighted by Gasteiger charge is 2.49. The second kappa shape index (κ2) is 9.36. The van der Waals surface area contributed by atoms with E-state index in [9.17, 15) is 14.4 Å². The number of hydrogen-bond donors (Lipinski definition) is 2. The van der Waals surface area contributed by atoms with Crippen LogP contribution in [0.15, 0.2) is 48.5 Å². The predicted molar refractivity (Wildman–Crippen MR) is 131 cm³/mol. The molecule has 5 rings (SSSR count). The number of carbonyl (C=O) groups excluding carboxylic acids is 2. The van der Waals surface area contributed by atoms with Crippen LogP contribution in [-0.4, -0.2) is 53.7 Å². The van der Waals surface area contributed by atoms with Gasteiger partial charge in [0.05, 0.1) is 5.41 Å². The number of carbonyl (C=O) groups is 3. The molecule has 2 atom stereocenters. The van der Waals surface area contributed by atoms with Gasteiger partial charge in [-0.05, 0) is 54.4 Å². The lowest BCUT2D eigenvalue weighted by Gasteiger charge is -2.44. The van der Waals surface area contributed by atoms with Crippen LogP contribution in [0.25, 0.3) is 11.1 Å². The predicted octanol–water partition coefficient (Wildman–Crippen LogP) is 4.41. The number of fused-ring (bicyclic) bond motifs is 3. The fourth-order valence-corrected chi connectivity index (χ4v) is 6.04. The number of aliphatic carboxylic acids is 1. The molecule has 2 aromatic carbocycles. The molecule has 0 radical (unpaired) electrons. The third-order valence-electron chi connectivity index (χ3n) is 8.09. The topological polar surface area (TPSA) is 95.9 Å². The Labute approximate surface area is 205 Å². The number of carboxylic acids is 1. The van der Waals surface area contributed by atoms with Gasteiger partial charge in [0, 0.05) is 31.5 Å². The molecule has 1 heterocycles. The first-order chi connectivity index (χ1) is 16.9. The Bertz CT molecular complexity index is 1100. The van der Waals surface area contributed by atoms with Gasteiger partial charge in [-0.15, -0.1) is 0 Å². The van der Waals surface area contributed by atoms with Crippen LogP contribution in [0.1, 0.15) is 56.1 Å². The molecule has 1 aliphatic heterocycles. The zero-order valence-electron chi connectivity index (χ0n) is 20.0. The maximum absolute atomic E-state index is 13.3. The van der Waals surface area contributed by atoms with Crippen molar-refractivity contribution in [3.05, 3.63) is 59.7 Å². The quantitative estimate of drug-likeness (QED) is 0.617. The van der Waals surface area contributed by atoms with E-state index in [0.717, 1.165) is 30.4 Å². The molecule has 2 aliphatic carbocycles. The van der Waals surface area contributed by atoms with Crippen LogP contribution in [0, 0.1) is 11.3 Å². The molecule has 184 valence electrons. The summed E-state index contributed by atoms with van der Waals surface area (Å²) in [6, 6.07) is 16.2. The van der Waals surface area contributed by atoms with Gasteiger partial charge in [0.2, 0.25) is 5.91 Å². The highest BCUT2D eigenvalue weighted by atomic mass is 16.5. The molecule has 35 heavy (non-hydrogen) atoms. The largest absolute Gasteiger partial charge is 0.481 e. The van der Waals surface area contributed by atoms with Crippen molar-refractivity contribution in [1.82, 2.24) is 10.2 Å². The number of benzene rings is 2. The number of alkyl carbamates (subject to hydrolysis) is 1. The van der Waals surface area contributed by atoms with Gasteiger partial charge in [-0.25, -0.2) is 4.79 Å². The lowest BCUT2D eigenvalue weighted by Crippen LogP contribution is -2.58. The van der Waals surface area contributed by atoms with E-state index in [1.807, 2.05) is 36.1 Å². The SMILES string of the molecule is CC1(C(=O)N2CC(CCC(=O)O)C2)CCCC1NC(=O)OCC1c2ccccc2-c2ccccc21. The van der Waals surface area contributed by atoms with Gasteiger partial charge in [0.15, 0.2) is 0 Å². The summed E-state index contributed by atoms with van der Waals surface area (Å²) >= 11 is 0. The first-order valence-electron chi connectivity index (χ1n) is 12.5. The molecule has 2 amide bonds. The average Bonchev–Trinajstić information content (AvgIpc) is 3.35. The molecular weight excluding hydrogens is 444 g/mol. The first-order valence-corrected chi connectivity index (χ1v) is 12.5. The Hall–Kier alpha value is -3.35. The number of rotatable bonds is 7. The summed E-state index contributed by atoms with van der Waals surface area (Å²) in [6.45, 7) is 3.37. The maximum atomic E-state index is 13.3. The molecule has 2 aromatic rings. The number of amides is 2. The summed E-state index contributed by atoms with van der Waals surface area (Å²) in [7, 11) is 0. The molecule has 7 heteroatoms. The van der Waals surface area contributed by atoms with Crippen molar-refractivity contribution in [3.8, 4) is 11.1 Å². The van der Waals surface area contributed by atoms with E-state index >= 15 is 0 Å². The Morgan fingerprint density at radius 1 is 1.06 bits per heavy atom. The smallest absolute Gasteiger partial charge is 0.407 e. The van der Waals surface area contributed by atoms with Crippen LogP contribution >= 0.6 is 0 Å². The Morgan fingerprint density at radius 3 is 2.31 bits per heavy atom. The minimum Gasteiger partial charge on any atom is -0.481 e. The number of nitrogens with zero attached hydrogens (tertiary/aromatic N) is 1. The zero-order chi connectivity index (χ0) is 24.6. The minimum atomic E-state index is -0.801. The molecule has 2 unspecified atom stereocenters. The fourth-order valence-electron chi connectivity index (χ4n) is 6.04. The van der Waals surface area contributed by atoms with Gasteiger partial charge in [0.25, 0.3) is 0 Å². The summed E-state index contributed by atoms with van der Waals surface area (Å²) in [5.41, 5.74) is 4.03. The molecule has 7 nitrogen and oxygen atoms in total. The van der Waals surface area contributed by atoms with Crippen molar-refractivity contribution < 1.29 is 24.2 Å². The van der Waals surface area contributed by atoms with E-state index in [0.29, 0.717) is 19.5 Å². The second-order valence-corrected chi connectivity index (χ2v) is 10.3. The Morgan fingerprint density at radius 2 is 1.69 bits per heavy atom. The molecule has 2 N–H and O–H groups in total. The van der Waals surface area contributed by atoms with Crippen LogP contribution in [0.2, 0.25) is 0 Å². The standard InChI is InChI=1S/C28H32N2O5/c1-28(26(33)30-15-18(16-30)12-13-25(31)32)14-6-11-24(28)29-27(34)35-17-23-21-9-4-2-7-19(21)20-8-3-5-10-22(20)23/h2-5,7-10,18,23-24H,6,11-17H2,1H3,(H,29,34)(H,31,32). The van der Waals surface area contributed by atoms with E-state index in [-0.39, 0.29) is 36.8 Å². The average molecular weight is 477 g/mol. The van der Waals surface area contributed by atoms with Crippen LogP contribution in [0.5, 0.6) is 0 Å². The summed E-state index contributed by atoms with van der Waals surface area (Å²) in [6.07, 6.45) is 2.57. The number of ether oxygens (including phenoxy) is 1. The van der Waals surface area contributed by atoms with E-state index in [1.54, 1.807) is 0 Å². The first kappa shape index (κ1) is 23.4. The molecule has 2 fully saturated rings. The summed E-state index contributed by atoms with van der Waals surface area (Å²) in [4.78, 5) is 38.7. The van der Waals surface area contributed by atoms with Crippen LogP contribution in [0.4, 0.5) is 4.79 Å². The van der Waals surface area contributed by atoms with Crippen molar-refractivity contribution in [1.29, 1.82) is 0 Å². The van der Waals surface area contributed by atoms with E-state index < -0.39 is 17.5 Å². The number of likely N-dealkylation sites (tertiary alicyclic amines) is 1. The summed E-state index contributed by atoms with van der Waals surface area (Å²) < 4.78 is 5.72. The third-order valence-corrected chi connectivity index (χ3v) is 8.09. The van der Waals surface area contributed by atoms with Gasteiger partial charge >= 0.3 is 12.1 Å². The fraction of sp³-hybridized carbons (Fsp3) is 0.464. The monoisotopic (exact) mass is 476 g/mol. The minimum absolute atomic E-state index is 0.00596. The van der Waals surface area contributed by atoms with Crippen LogP contribution in [-0.2, 0) is 14.3 Å². The molecule has 0 bridgehead atoms. The second-order valence-electron chi connectivity index (χ2n) is 10.3. The molecule has 1 saturated carbocycles. The molecule has 0 aromatic heterocycles. The highest BCUT2D eigenvalue weighted by Crippen LogP contribution is 2.45. The Balaban J connectivity index is 1.18. The van der Waals surface area contributed by atoms with Crippen molar-refractivity contribution in [2.75, 3.05) is 19.7 Å². The normalized spacial score (nSPS) is 23.3. The van der Waals surface area contributed by atoms with Crippen molar-refractivity contribution in [2.45, 2.75) is 51.0 Å². The highest BCUT2D eigenvalue weighted by molar-refractivity contribution is 5.85. The number of carboxylic acid groups (broad SMARTS) is 1. The molecular formula is C28H32N2O5. The van der Waals surface area contributed by atoms with Crippen molar-refractivity contribution >= 4 is 18.0 Å². The van der Waals surface area contributed by atoms with Gasteiger partial charge in [-0.1, -0.05) is 55.0 Å². The maximum Gasteiger partial charge on any atom is 0.407 e. The lowest BCUT2D eigenvalue weighted by molar-refractivity contribution is -0.149. The number of nitrogens with one attached hydrogen (secondary N) is 1. The zero-order valence-corrected chi connectivity index (χ0v) is 20.0.